The van der Waals surface area contributed by atoms with Crippen LogP contribution in [0.1, 0.15) is 44.2 Å². The first kappa shape index (κ1) is 17.5. The van der Waals surface area contributed by atoms with Gasteiger partial charge in [0.2, 0.25) is 5.91 Å². The molecular formula is C17H28N2O2. The van der Waals surface area contributed by atoms with Gasteiger partial charge in [0, 0.05) is 12.1 Å². The van der Waals surface area contributed by atoms with Crippen LogP contribution in [0.2, 0.25) is 0 Å². The number of aryl methyl sites for hydroxylation is 2. The Hall–Kier alpha value is -1.55. The van der Waals surface area contributed by atoms with Crippen molar-refractivity contribution in [3.05, 3.63) is 29.3 Å². The molecular weight excluding hydrogens is 264 g/mol. The molecule has 0 unspecified atom stereocenters. The van der Waals surface area contributed by atoms with Gasteiger partial charge in [-0.25, -0.2) is 0 Å². The van der Waals surface area contributed by atoms with Gasteiger partial charge < -0.3 is 15.8 Å². The van der Waals surface area contributed by atoms with E-state index in [4.69, 9.17) is 10.5 Å². The number of nitrogens with one attached hydrogen (secondary N) is 1. The van der Waals surface area contributed by atoms with Crippen molar-refractivity contribution >= 4 is 5.91 Å². The minimum Gasteiger partial charge on any atom is -0.493 e. The molecule has 1 rings (SSSR count). The number of rotatable bonds is 8. The number of carbonyl (C=O) groups excluding carboxylic acids is 1. The number of carbonyl (C=O) groups is 1. The highest BCUT2D eigenvalue weighted by atomic mass is 16.5. The van der Waals surface area contributed by atoms with E-state index in [1.165, 1.54) is 11.1 Å². The smallest absolute Gasteiger partial charge is 0.223 e. The molecule has 0 aliphatic carbocycles. The van der Waals surface area contributed by atoms with Crippen molar-refractivity contribution in [3.63, 3.8) is 0 Å². The monoisotopic (exact) mass is 292 g/mol. The van der Waals surface area contributed by atoms with Crippen LogP contribution in [0.3, 0.4) is 0 Å². The molecule has 0 saturated heterocycles. The van der Waals surface area contributed by atoms with Crippen molar-refractivity contribution in [1.82, 2.24) is 5.32 Å². The zero-order valence-corrected chi connectivity index (χ0v) is 13.7. The summed E-state index contributed by atoms with van der Waals surface area (Å²) in [5, 5.41) is 2.89. The topological polar surface area (TPSA) is 64.3 Å². The predicted molar refractivity (Wildman–Crippen MR) is 86.5 cm³/mol. The summed E-state index contributed by atoms with van der Waals surface area (Å²) >= 11 is 0. The van der Waals surface area contributed by atoms with Gasteiger partial charge in [0.1, 0.15) is 5.75 Å². The molecule has 0 atom stereocenters. The Labute approximate surface area is 128 Å². The summed E-state index contributed by atoms with van der Waals surface area (Å²) in [4.78, 5) is 11.8. The van der Waals surface area contributed by atoms with Gasteiger partial charge >= 0.3 is 0 Å². The van der Waals surface area contributed by atoms with Gasteiger partial charge in [0.15, 0.2) is 0 Å². The van der Waals surface area contributed by atoms with Crippen LogP contribution < -0.4 is 15.8 Å². The quantitative estimate of drug-likeness (QED) is 0.774. The van der Waals surface area contributed by atoms with Crippen molar-refractivity contribution in [2.45, 2.75) is 52.5 Å². The van der Waals surface area contributed by atoms with Gasteiger partial charge in [0.05, 0.1) is 13.0 Å². The number of ether oxygens (including phenoxy) is 1. The molecule has 0 saturated carbocycles. The molecule has 0 fully saturated rings. The fourth-order valence-electron chi connectivity index (χ4n) is 1.93. The van der Waals surface area contributed by atoms with E-state index >= 15 is 0 Å². The molecule has 0 aliphatic heterocycles. The van der Waals surface area contributed by atoms with Crippen LogP contribution in [0.5, 0.6) is 5.75 Å². The maximum atomic E-state index is 11.8. The summed E-state index contributed by atoms with van der Waals surface area (Å²) in [6.45, 7) is 9.09. The van der Waals surface area contributed by atoms with Crippen molar-refractivity contribution < 1.29 is 9.53 Å². The SMILES string of the molecule is CCC(N)(CC)CNC(=O)CCOc1ccc(C)c(C)c1. The summed E-state index contributed by atoms with van der Waals surface area (Å²) in [6.07, 6.45) is 2.04. The molecule has 4 heteroatoms. The molecule has 118 valence electrons. The molecule has 1 amide bonds. The Balaban J connectivity index is 2.32. The minimum absolute atomic E-state index is 0.0180. The van der Waals surface area contributed by atoms with Crippen molar-refractivity contribution in [1.29, 1.82) is 0 Å². The molecule has 21 heavy (non-hydrogen) atoms. The molecule has 0 heterocycles. The lowest BCUT2D eigenvalue weighted by atomic mass is 9.94. The lowest BCUT2D eigenvalue weighted by Gasteiger charge is -2.26. The van der Waals surface area contributed by atoms with E-state index in [0.29, 0.717) is 19.6 Å². The molecule has 0 aromatic heterocycles. The van der Waals surface area contributed by atoms with Crippen molar-refractivity contribution in [2.24, 2.45) is 5.73 Å². The van der Waals surface area contributed by atoms with Crippen molar-refractivity contribution in [2.75, 3.05) is 13.2 Å². The third kappa shape index (κ3) is 5.76. The van der Waals surface area contributed by atoms with E-state index in [0.717, 1.165) is 18.6 Å². The van der Waals surface area contributed by atoms with Crippen LogP contribution in [0, 0.1) is 13.8 Å². The third-order valence-electron chi connectivity index (χ3n) is 4.12. The second-order valence-electron chi connectivity index (χ2n) is 5.69. The van der Waals surface area contributed by atoms with E-state index in [1.807, 2.05) is 39.0 Å². The van der Waals surface area contributed by atoms with Gasteiger partial charge in [-0.3, -0.25) is 4.79 Å². The van der Waals surface area contributed by atoms with Gasteiger partial charge in [-0.05, 0) is 49.9 Å². The molecule has 1 aromatic carbocycles. The second-order valence-corrected chi connectivity index (χ2v) is 5.69. The van der Waals surface area contributed by atoms with Crippen LogP contribution in [0.4, 0.5) is 0 Å². The zero-order chi connectivity index (χ0) is 15.9. The summed E-state index contributed by atoms with van der Waals surface area (Å²) in [7, 11) is 0. The van der Waals surface area contributed by atoms with Gasteiger partial charge in [-0.1, -0.05) is 19.9 Å². The van der Waals surface area contributed by atoms with E-state index in [9.17, 15) is 4.79 Å². The van der Waals surface area contributed by atoms with E-state index in [-0.39, 0.29) is 11.4 Å². The maximum Gasteiger partial charge on any atom is 0.223 e. The predicted octanol–water partition coefficient (Wildman–Crippen LogP) is 2.71. The van der Waals surface area contributed by atoms with Crippen molar-refractivity contribution in [3.8, 4) is 5.75 Å². The van der Waals surface area contributed by atoms with E-state index < -0.39 is 0 Å². The average molecular weight is 292 g/mol. The first-order valence-electron chi connectivity index (χ1n) is 7.66. The van der Waals surface area contributed by atoms with Crippen LogP contribution in [-0.2, 0) is 4.79 Å². The number of hydrogen-bond donors (Lipinski definition) is 2. The molecule has 3 N–H and O–H groups in total. The number of benzene rings is 1. The largest absolute Gasteiger partial charge is 0.493 e. The molecule has 0 radical (unpaired) electrons. The molecule has 0 aliphatic rings. The Bertz CT molecular complexity index is 468. The minimum atomic E-state index is -0.301. The van der Waals surface area contributed by atoms with Crippen LogP contribution in [0.25, 0.3) is 0 Å². The lowest BCUT2D eigenvalue weighted by Crippen LogP contribution is -2.49. The Kier molecular flexibility index (Phi) is 6.69. The molecule has 4 nitrogen and oxygen atoms in total. The van der Waals surface area contributed by atoms with E-state index in [1.54, 1.807) is 0 Å². The highest BCUT2D eigenvalue weighted by Crippen LogP contribution is 2.16. The van der Waals surface area contributed by atoms with Crippen LogP contribution in [-0.4, -0.2) is 24.6 Å². The number of hydrogen-bond acceptors (Lipinski definition) is 3. The molecule has 0 spiro atoms. The highest BCUT2D eigenvalue weighted by molar-refractivity contribution is 5.76. The Morgan fingerprint density at radius 2 is 1.90 bits per heavy atom. The molecule has 1 aromatic rings. The Morgan fingerprint density at radius 1 is 1.24 bits per heavy atom. The number of nitrogens with two attached hydrogens (primary N) is 1. The van der Waals surface area contributed by atoms with Crippen LogP contribution >= 0.6 is 0 Å². The van der Waals surface area contributed by atoms with Gasteiger partial charge in [-0.15, -0.1) is 0 Å². The normalized spacial score (nSPS) is 11.3. The summed E-state index contributed by atoms with van der Waals surface area (Å²) < 4.78 is 5.61. The first-order chi connectivity index (χ1) is 9.90. The third-order valence-corrected chi connectivity index (χ3v) is 4.12. The standard InChI is InChI=1S/C17H28N2O2/c1-5-17(18,6-2)12-19-16(20)9-10-21-15-8-7-13(3)14(4)11-15/h7-8,11H,5-6,9-10,12,18H2,1-4H3,(H,19,20). The fourth-order valence-corrected chi connectivity index (χ4v) is 1.93. The first-order valence-corrected chi connectivity index (χ1v) is 7.66. The Morgan fingerprint density at radius 3 is 2.48 bits per heavy atom. The summed E-state index contributed by atoms with van der Waals surface area (Å²) in [6, 6.07) is 5.95. The lowest BCUT2D eigenvalue weighted by molar-refractivity contribution is -0.121. The maximum absolute atomic E-state index is 11.8. The average Bonchev–Trinajstić information content (AvgIpc) is 2.48. The second kappa shape index (κ2) is 8.03. The highest BCUT2D eigenvalue weighted by Gasteiger charge is 2.20. The summed E-state index contributed by atoms with van der Waals surface area (Å²) in [5.41, 5.74) is 8.27. The van der Waals surface area contributed by atoms with Gasteiger partial charge in [-0.2, -0.15) is 0 Å². The summed E-state index contributed by atoms with van der Waals surface area (Å²) in [5.74, 6) is 0.789. The number of amides is 1. The van der Waals surface area contributed by atoms with E-state index in [2.05, 4.69) is 12.2 Å². The zero-order valence-electron chi connectivity index (χ0n) is 13.7. The van der Waals surface area contributed by atoms with Gasteiger partial charge in [0.25, 0.3) is 0 Å². The fraction of sp³-hybridized carbons (Fsp3) is 0.588. The van der Waals surface area contributed by atoms with Crippen LogP contribution in [0.15, 0.2) is 18.2 Å². The molecule has 0 bridgehead atoms.